The van der Waals surface area contributed by atoms with Crippen LogP contribution in [0.3, 0.4) is 0 Å². The third-order valence-corrected chi connectivity index (χ3v) is 8.60. The summed E-state index contributed by atoms with van der Waals surface area (Å²) >= 11 is 1.57. The van der Waals surface area contributed by atoms with Gasteiger partial charge >= 0.3 is 0 Å². The molecule has 0 spiro atoms. The van der Waals surface area contributed by atoms with Crippen molar-refractivity contribution in [1.29, 1.82) is 0 Å². The van der Waals surface area contributed by atoms with E-state index >= 15 is 0 Å². The van der Waals surface area contributed by atoms with E-state index in [9.17, 15) is 13.5 Å². The summed E-state index contributed by atoms with van der Waals surface area (Å²) in [7, 11) is -2.11. The highest BCUT2D eigenvalue weighted by atomic mass is 32.2. The number of hydrogen-bond acceptors (Lipinski definition) is 8. The highest BCUT2D eigenvalue weighted by Gasteiger charge is 2.37. The van der Waals surface area contributed by atoms with E-state index in [1.807, 2.05) is 35.7 Å². The summed E-state index contributed by atoms with van der Waals surface area (Å²) in [5.74, 6) is 0.618. The van der Waals surface area contributed by atoms with Gasteiger partial charge in [0.15, 0.2) is 5.76 Å². The van der Waals surface area contributed by atoms with E-state index in [0.29, 0.717) is 36.7 Å². The Morgan fingerprint density at radius 3 is 2.43 bits per heavy atom. The first kappa shape index (κ1) is 25.8. The molecule has 8 nitrogen and oxygen atoms in total. The second-order valence-electron chi connectivity index (χ2n) is 8.95. The number of rotatable bonds is 8. The first-order valence-electron chi connectivity index (χ1n) is 11.9. The van der Waals surface area contributed by atoms with E-state index in [-0.39, 0.29) is 10.8 Å². The predicted octanol–water partition coefficient (Wildman–Crippen LogP) is 4.65. The summed E-state index contributed by atoms with van der Waals surface area (Å²) in [5.41, 5.74) is 2.62. The molecule has 1 aliphatic heterocycles. The maximum atomic E-state index is 11.7. The molecule has 1 aliphatic rings. The van der Waals surface area contributed by atoms with Crippen molar-refractivity contribution in [3.8, 4) is 22.6 Å². The molecule has 4 aromatic rings. The lowest BCUT2D eigenvalue weighted by Crippen LogP contribution is -2.36. The second kappa shape index (κ2) is 10.5. The molecule has 1 fully saturated rings. The molecule has 0 radical (unpaired) electrons. The van der Waals surface area contributed by atoms with E-state index in [1.54, 1.807) is 30.6 Å². The zero-order valence-corrected chi connectivity index (χ0v) is 21.9. The maximum Gasteiger partial charge on any atom is 0.238 e. The molecule has 0 saturated carbocycles. The highest BCUT2D eigenvalue weighted by Crippen LogP contribution is 2.41. The van der Waals surface area contributed by atoms with Gasteiger partial charge in [-0.3, -0.25) is 0 Å². The fraction of sp³-hybridized carbons (Fsp3) is 0.296. The van der Waals surface area contributed by atoms with E-state index in [0.717, 1.165) is 28.8 Å². The summed E-state index contributed by atoms with van der Waals surface area (Å²) in [5, 5.41) is 18.5. The first-order valence-corrected chi connectivity index (χ1v) is 14.3. The number of nitrogens with zero attached hydrogens (tertiary/aromatic N) is 1. The van der Waals surface area contributed by atoms with Crippen LogP contribution in [0, 0.1) is 0 Å². The first-order chi connectivity index (χ1) is 17.8. The Bertz CT molecular complexity index is 1460. The molecular weight excluding hydrogens is 512 g/mol. The molecule has 3 heterocycles. The topological polar surface area (TPSA) is 125 Å². The third-order valence-electron chi connectivity index (χ3n) is 6.73. The van der Waals surface area contributed by atoms with Crippen LogP contribution in [0.25, 0.3) is 22.6 Å². The van der Waals surface area contributed by atoms with Gasteiger partial charge in [0.25, 0.3) is 0 Å². The van der Waals surface area contributed by atoms with E-state index in [4.69, 9.17) is 19.0 Å². The van der Waals surface area contributed by atoms with Crippen molar-refractivity contribution in [1.82, 2.24) is 4.98 Å². The van der Waals surface area contributed by atoms with Crippen LogP contribution in [-0.2, 0) is 31.5 Å². The normalized spacial score (nSPS) is 16.5. The summed E-state index contributed by atoms with van der Waals surface area (Å²) in [6.45, 7) is 1.25. The molecule has 1 unspecified atom stereocenters. The van der Waals surface area contributed by atoms with Crippen LogP contribution in [0.2, 0.25) is 0 Å². The van der Waals surface area contributed by atoms with Gasteiger partial charge in [-0.25, -0.2) is 18.5 Å². The molecule has 194 valence electrons. The largest absolute Gasteiger partial charge is 0.437 e. The molecule has 2 aromatic heterocycles. The zero-order valence-electron chi connectivity index (χ0n) is 20.3. The Morgan fingerprint density at radius 2 is 1.78 bits per heavy atom. The van der Waals surface area contributed by atoms with Crippen LogP contribution in [0.1, 0.15) is 35.3 Å². The van der Waals surface area contributed by atoms with Gasteiger partial charge in [0, 0.05) is 55.6 Å². The van der Waals surface area contributed by atoms with Gasteiger partial charge in [0.05, 0.1) is 10.5 Å². The molecular formula is C27H28N2O6S2. The fourth-order valence-corrected chi connectivity index (χ4v) is 6.23. The molecule has 0 bridgehead atoms. The number of hydrogen-bond donors (Lipinski definition) is 2. The molecule has 1 atom stereocenters. The van der Waals surface area contributed by atoms with Crippen LogP contribution in [-0.4, -0.2) is 38.8 Å². The monoisotopic (exact) mass is 540 g/mol. The van der Waals surface area contributed by atoms with Crippen molar-refractivity contribution in [2.24, 2.45) is 5.14 Å². The summed E-state index contributed by atoms with van der Waals surface area (Å²) in [4.78, 5) is 5.69. The van der Waals surface area contributed by atoms with E-state index in [1.165, 1.54) is 12.1 Å². The third kappa shape index (κ3) is 5.26. The SMILES string of the molecule is COC1(c2ccsc2CC(O)c2nc(-c3ccccc3)c(-c3ccc(S(N)(=O)=O)cc3)o2)CCOCC1. The quantitative estimate of drug-likeness (QED) is 0.333. The average Bonchev–Trinajstić information content (AvgIpc) is 3.57. The number of oxazole rings is 1. The highest BCUT2D eigenvalue weighted by molar-refractivity contribution is 7.89. The lowest BCUT2D eigenvalue weighted by atomic mass is 9.85. The van der Waals surface area contributed by atoms with Gasteiger partial charge in [-0.15, -0.1) is 11.3 Å². The number of aromatic nitrogens is 1. The predicted molar refractivity (Wildman–Crippen MR) is 140 cm³/mol. The van der Waals surface area contributed by atoms with Gasteiger partial charge < -0.3 is 19.0 Å². The number of methoxy groups -OCH3 is 1. The molecule has 0 aliphatic carbocycles. The number of aliphatic hydroxyl groups is 1. The molecule has 10 heteroatoms. The van der Waals surface area contributed by atoms with Crippen LogP contribution in [0.5, 0.6) is 0 Å². The Hall–Kier alpha value is -2.86. The Morgan fingerprint density at radius 1 is 1.08 bits per heavy atom. The number of nitrogens with two attached hydrogens (primary N) is 1. The van der Waals surface area contributed by atoms with E-state index in [2.05, 4.69) is 11.1 Å². The van der Waals surface area contributed by atoms with Gasteiger partial charge in [0.2, 0.25) is 15.9 Å². The number of sulfonamides is 1. The molecule has 2 aromatic carbocycles. The molecule has 0 amide bonds. The summed E-state index contributed by atoms with van der Waals surface area (Å²) in [6, 6.07) is 17.6. The minimum atomic E-state index is -3.83. The lowest BCUT2D eigenvalue weighted by molar-refractivity contribution is -0.0951. The average molecular weight is 541 g/mol. The van der Waals surface area contributed by atoms with Crippen molar-refractivity contribution in [2.75, 3.05) is 20.3 Å². The summed E-state index contributed by atoms with van der Waals surface area (Å²) < 4.78 is 41.1. The maximum absolute atomic E-state index is 11.7. The number of thiophene rings is 1. The van der Waals surface area contributed by atoms with Crippen LogP contribution >= 0.6 is 11.3 Å². The second-order valence-corrected chi connectivity index (χ2v) is 11.5. The van der Waals surface area contributed by atoms with Crippen LogP contribution in [0.4, 0.5) is 0 Å². The number of primary sulfonamides is 1. The molecule has 5 rings (SSSR count). The van der Waals surface area contributed by atoms with Gasteiger partial charge in [-0.2, -0.15) is 0 Å². The van der Waals surface area contributed by atoms with Crippen molar-refractivity contribution in [3.63, 3.8) is 0 Å². The molecule has 37 heavy (non-hydrogen) atoms. The van der Waals surface area contributed by atoms with Crippen molar-refractivity contribution >= 4 is 21.4 Å². The van der Waals surface area contributed by atoms with Crippen molar-refractivity contribution < 1.29 is 27.4 Å². The zero-order chi connectivity index (χ0) is 26.0. The number of benzene rings is 2. The number of aliphatic hydroxyl groups excluding tert-OH is 1. The van der Waals surface area contributed by atoms with Gasteiger partial charge in [-0.1, -0.05) is 30.3 Å². The molecule has 1 saturated heterocycles. The summed E-state index contributed by atoms with van der Waals surface area (Å²) in [6.07, 6.45) is 0.821. The minimum Gasteiger partial charge on any atom is -0.437 e. The lowest BCUT2D eigenvalue weighted by Gasteiger charge is -2.36. The minimum absolute atomic E-state index is 0.00249. The van der Waals surface area contributed by atoms with Crippen LogP contribution < -0.4 is 5.14 Å². The molecule has 3 N–H and O–H groups in total. The van der Waals surface area contributed by atoms with Crippen LogP contribution in [0.15, 0.2) is 75.4 Å². The van der Waals surface area contributed by atoms with Gasteiger partial charge in [-0.05, 0) is 41.3 Å². The standard InChI is InChI=1S/C27H28N2O6S2/c1-33-27(12-14-34-15-13-27)21-11-16-36-23(21)17-22(30)26-29-24(18-5-3-2-4-6-18)25(35-26)19-7-9-20(10-8-19)37(28,31)32/h2-11,16,22,30H,12-15,17H2,1H3,(H2,28,31,32). The Labute approximate surface area is 219 Å². The van der Waals surface area contributed by atoms with Crippen molar-refractivity contribution in [2.45, 2.75) is 35.9 Å². The number of ether oxygens (including phenoxy) is 2. The van der Waals surface area contributed by atoms with Crippen molar-refractivity contribution in [3.05, 3.63) is 82.4 Å². The Balaban J connectivity index is 1.49. The van der Waals surface area contributed by atoms with Gasteiger partial charge in [0.1, 0.15) is 11.8 Å². The van der Waals surface area contributed by atoms with E-state index < -0.39 is 21.7 Å². The Kier molecular flexibility index (Phi) is 7.30. The fourth-order valence-electron chi connectivity index (χ4n) is 4.71. The smallest absolute Gasteiger partial charge is 0.238 e.